The Balaban J connectivity index is 2.05. The van der Waals surface area contributed by atoms with E-state index in [0.29, 0.717) is 5.69 Å². The molecule has 142 valence electrons. The molecule has 0 radical (unpaired) electrons. The number of likely N-dealkylation sites (N-methyl/N-ethyl adjacent to an activating group) is 1. The van der Waals surface area contributed by atoms with Crippen LogP contribution in [0.25, 0.3) is 0 Å². The summed E-state index contributed by atoms with van der Waals surface area (Å²) in [5.74, 6) is -1.19. The number of carbonyl (C=O) groups is 2. The van der Waals surface area contributed by atoms with Gasteiger partial charge in [0.25, 0.3) is 11.6 Å². The van der Waals surface area contributed by atoms with Gasteiger partial charge in [-0.05, 0) is 18.6 Å². The van der Waals surface area contributed by atoms with Crippen LogP contribution < -0.4 is 5.32 Å². The summed E-state index contributed by atoms with van der Waals surface area (Å²) in [5.41, 5.74) is 1.10. The lowest BCUT2D eigenvalue weighted by molar-refractivity contribution is -0.384. The molecule has 1 atom stereocenters. The number of amides is 1. The Bertz CT molecular complexity index is 838. The van der Waals surface area contributed by atoms with E-state index in [9.17, 15) is 19.7 Å². The highest BCUT2D eigenvalue weighted by molar-refractivity contribution is 5.97. The first-order valence-corrected chi connectivity index (χ1v) is 8.29. The quantitative estimate of drug-likeness (QED) is 0.456. The standard InChI is InChI=1S/C19H21N3O5/c1-13(14-7-5-4-6-8-14)21(3)18(23)12-27-19(24)16-11-15(22(25)26)9-10-17(16)20-2/h4-11,13,20H,12H2,1-3H3/t13-/m1/s1. The molecule has 0 aliphatic rings. The van der Waals surface area contributed by atoms with Crippen molar-refractivity contribution < 1.29 is 19.2 Å². The minimum absolute atomic E-state index is 0.00161. The first kappa shape index (κ1) is 19.9. The number of nitro benzene ring substituents is 1. The third-order valence-corrected chi connectivity index (χ3v) is 4.29. The molecule has 0 aliphatic heterocycles. The summed E-state index contributed by atoms with van der Waals surface area (Å²) in [4.78, 5) is 36.5. The van der Waals surface area contributed by atoms with E-state index in [1.165, 1.54) is 17.0 Å². The van der Waals surface area contributed by atoms with Crippen LogP contribution in [-0.4, -0.2) is 42.4 Å². The molecule has 8 heteroatoms. The Hall–Kier alpha value is -3.42. The van der Waals surface area contributed by atoms with Crippen molar-refractivity contribution in [2.45, 2.75) is 13.0 Å². The molecular formula is C19H21N3O5. The Morgan fingerprint density at radius 2 is 1.89 bits per heavy atom. The van der Waals surface area contributed by atoms with E-state index in [2.05, 4.69) is 5.32 Å². The molecule has 0 unspecified atom stereocenters. The van der Waals surface area contributed by atoms with Gasteiger partial charge in [-0.2, -0.15) is 0 Å². The predicted molar refractivity (Wildman–Crippen MR) is 101 cm³/mol. The van der Waals surface area contributed by atoms with Crippen LogP contribution in [0.2, 0.25) is 0 Å². The largest absolute Gasteiger partial charge is 0.452 e. The van der Waals surface area contributed by atoms with Crippen molar-refractivity contribution >= 4 is 23.3 Å². The molecule has 0 bridgehead atoms. The third-order valence-electron chi connectivity index (χ3n) is 4.29. The van der Waals surface area contributed by atoms with Crippen LogP contribution in [0.3, 0.4) is 0 Å². The number of nitro groups is 1. The molecule has 0 saturated carbocycles. The predicted octanol–water partition coefficient (Wildman–Crippen LogP) is 3.01. The summed E-state index contributed by atoms with van der Waals surface area (Å²) < 4.78 is 5.08. The Kier molecular flexibility index (Phi) is 6.48. The summed E-state index contributed by atoms with van der Waals surface area (Å²) in [6.07, 6.45) is 0. The number of rotatable bonds is 7. The van der Waals surface area contributed by atoms with Gasteiger partial charge < -0.3 is 15.0 Å². The van der Waals surface area contributed by atoms with Crippen molar-refractivity contribution in [2.24, 2.45) is 0 Å². The first-order valence-electron chi connectivity index (χ1n) is 8.29. The second kappa shape index (κ2) is 8.79. The number of esters is 1. The maximum atomic E-state index is 12.3. The Labute approximate surface area is 156 Å². The molecule has 27 heavy (non-hydrogen) atoms. The number of benzene rings is 2. The highest BCUT2D eigenvalue weighted by Crippen LogP contribution is 2.23. The van der Waals surface area contributed by atoms with Gasteiger partial charge in [0.05, 0.1) is 16.5 Å². The minimum atomic E-state index is -0.808. The van der Waals surface area contributed by atoms with Crippen LogP contribution in [0.1, 0.15) is 28.9 Å². The van der Waals surface area contributed by atoms with Crippen LogP contribution in [0.5, 0.6) is 0 Å². The molecule has 2 rings (SSSR count). The Morgan fingerprint density at radius 3 is 2.48 bits per heavy atom. The molecule has 0 aromatic heterocycles. The van der Waals surface area contributed by atoms with Crippen molar-refractivity contribution in [3.05, 3.63) is 69.8 Å². The van der Waals surface area contributed by atoms with Gasteiger partial charge in [-0.15, -0.1) is 0 Å². The molecule has 1 amide bonds. The van der Waals surface area contributed by atoms with Crippen molar-refractivity contribution in [3.8, 4) is 0 Å². The van der Waals surface area contributed by atoms with E-state index < -0.39 is 17.5 Å². The van der Waals surface area contributed by atoms with Gasteiger partial charge >= 0.3 is 5.97 Å². The van der Waals surface area contributed by atoms with Crippen molar-refractivity contribution in [1.29, 1.82) is 0 Å². The van der Waals surface area contributed by atoms with Gasteiger partial charge in [-0.3, -0.25) is 14.9 Å². The van der Waals surface area contributed by atoms with Gasteiger partial charge in [0.1, 0.15) is 0 Å². The molecule has 0 spiro atoms. The molecule has 0 fully saturated rings. The van der Waals surface area contributed by atoms with Crippen molar-refractivity contribution in [1.82, 2.24) is 4.90 Å². The van der Waals surface area contributed by atoms with Gasteiger partial charge in [-0.1, -0.05) is 30.3 Å². The number of hydrogen-bond acceptors (Lipinski definition) is 6. The van der Waals surface area contributed by atoms with Crippen molar-refractivity contribution in [3.63, 3.8) is 0 Å². The average Bonchev–Trinajstić information content (AvgIpc) is 2.70. The molecule has 0 aliphatic carbocycles. The van der Waals surface area contributed by atoms with Crippen LogP contribution in [-0.2, 0) is 9.53 Å². The van der Waals surface area contributed by atoms with E-state index in [0.717, 1.165) is 11.6 Å². The smallest absolute Gasteiger partial charge is 0.341 e. The van der Waals surface area contributed by atoms with E-state index in [-0.39, 0.29) is 23.2 Å². The maximum absolute atomic E-state index is 12.3. The maximum Gasteiger partial charge on any atom is 0.341 e. The van der Waals surface area contributed by atoms with E-state index in [1.54, 1.807) is 14.1 Å². The summed E-state index contributed by atoms with van der Waals surface area (Å²) in [7, 11) is 3.21. The fraction of sp³-hybridized carbons (Fsp3) is 0.263. The van der Waals surface area contributed by atoms with E-state index in [1.807, 2.05) is 37.3 Å². The fourth-order valence-electron chi connectivity index (χ4n) is 2.51. The molecule has 0 saturated heterocycles. The number of carbonyl (C=O) groups excluding carboxylic acids is 2. The van der Waals surface area contributed by atoms with Gasteiger partial charge in [0.15, 0.2) is 6.61 Å². The fourth-order valence-corrected chi connectivity index (χ4v) is 2.51. The third kappa shape index (κ3) is 4.81. The number of anilines is 1. The molecular weight excluding hydrogens is 350 g/mol. The average molecular weight is 371 g/mol. The number of non-ortho nitro benzene ring substituents is 1. The normalized spacial score (nSPS) is 11.4. The van der Waals surface area contributed by atoms with Crippen LogP contribution in [0.15, 0.2) is 48.5 Å². The molecule has 8 nitrogen and oxygen atoms in total. The summed E-state index contributed by atoms with van der Waals surface area (Å²) in [6.45, 7) is 1.41. The van der Waals surface area contributed by atoms with Gasteiger partial charge in [0, 0.05) is 31.9 Å². The molecule has 2 aromatic rings. The number of nitrogens with zero attached hydrogens (tertiary/aromatic N) is 2. The SMILES string of the molecule is CNc1ccc([N+](=O)[O-])cc1C(=O)OCC(=O)N(C)[C@H](C)c1ccccc1. The number of nitrogens with one attached hydrogen (secondary N) is 1. The molecule has 1 N–H and O–H groups in total. The van der Waals surface area contributed by atoms with E-state index in [4.69, 9.17) is 4.74 Å². The van der Waals surface area contributed by atoms with Gasteiger partial charge in [0.2, 0.25) is 0 Å². The first-order chi connectivity index (χ1) is 12.8. The second-order valence-electron chi connectivity index (χ2n) is 5.90. The Morgan fingerprint density at radius 1 is 1.22 bits per heavy atom. The summed E-state index contributed by atoms with van der Waals surface area (Å²) >= 11 is 0. The van der Waals surface area contributed by atoms with E-state index >= 15 is 0 Å². The summed E-state index contributed by atoms with van der Waals surface area (Å²) in [6, 6.07) is 13.1. The lowest BCUT2D eigenvalue weighted by Gasteiger charge is -2.25. The van der Waals surface area contributed by atoms with Crippen LogP contribution in [0, 0.1) is 10.1 Å². The monoisotopic (exact) mass is 371 g/mol. The van der Waals surface area contributed by atoms with Crippen LogP contribution in [0.4, 0.5) is 11.4 Å². The zero-order valence-corrected chi connectivity index (χ0v) is 15.3. The minimum Gasteiger partial charge on any atom is -0.452 e. The number of hydrogen-bond donors (Lipinski definition) is 1. The zero-order valence-electron chi connectivity index (χ0n) is 15.3. The van der Waals surface area contributed by atoms with Crippen molar-refractivity contribution in [2.75, 3.05) is 26.0 Å². The highest BCUT2D eigenvalue weighted by Gasteiger charge is 2.21. The van der Waals surface area contributed by atoms with Gasteiger partial charge in [-0.25, -0.2) is 4.79 Å². The lowest BCUT2D eigenvalue weighted by atomic mass is 10.1. The second-order valence-corrected chi connectivity index (χ2v) is 5.90. The summed E-state index contributed by atoms with van der Waals surface area (Å²) in [5, 5.41) is 13.7. The topological polar surface area (TPSA) is 102 Å². The number of ether oxygens (including phenoxy) is 1. The zero-order chi connectivity index (χ0) is 20.0. The lowest BCUT2D eigenvalue weighted by Crippen LogP contribution is -2.33. The molecule has 2 aromatic carbocycles. The van der Waals surface area contributed by atoms with Crippen LogP contribution >= 0.6 is 0 Å². The highest BCUT2D eigenvalue weighted by atomic mass is 16.6. The molecule has 0 heterocycles.